The van der Waals surface area contributed by atoms with Gasteiger partial charge in [-0.3, -0.25) is 0 Å². The van der Waals surface area contributed by atoms with Crippen LogP contribution in [0.25, 0.3) is 0 Å². The molecule has 0 amide bonds. The van der Waals surface area contributed by atoms with Crippen molar-refractivity contribution in [3.05, 3.63) is 48.2 Å². The Morgan fingerprint density at radius 1 is 1.12 bits per heavy atom. The van der Waals surface area contributed by atoms with Gasteiger partial charge in [-0.05, 0) is 49.0 Å². The van der Waals surface area contributed by atoms with Gasteiger partial charge < -0.3 is 14.8 Å². The van der Waals surface area contributed by atoms with Gasteiger partial charge >= 0.3 is 0 Å². The molecular formula is C20H26N2O2S. The number of ether oxygens (including phenoxy) is 2. The number of nitrogens with zero attached hydrogens (tertiary/aromatic N) is 1. The van der Waals surface area contributed by atoms with Crippen molar-refractivity contribution in [3.8, 4) is 17.4 Å². The Labute approximate surface area is 154 Å². The van der Waals surface area contributed by atoms with Gasteiger partial charge in [0.25, 0.3) is 0 Å². The predicted octanol–water partition coefficient (Wildman–Crippen LogP) is 4.65. The molecule has 0 saturated carbocycles. The molecule has 1 saturated heterocycles. The first kappa shape index (κ1) is 18.1. The molecule has 0 spiro atoms. The monoisotopic (exact) mass is 358 g/mol. The van der Waals surface area contributed by atoms with Crippen LogP contribution in [0, 0.1) is 0 Å². The molecular weight excluding hydrogens is 332 g/mol. The minimum atomic E-state index is 0.592. The fraction of sp³-hybridized carbons (Fsp3) is 0.450. The van der Waals surface area contributed by atoms with Crippen molar-refractivity contribution in [3.63, 3.8) is 0 Å². The second-order valence-electron chi connectivity index (χ2n) is 6.13. The van der Waals surface area contributed by atoms with Gasteiger partial charge in [0, 0.05) is 24.3 Å². The molecule has 1 fully saturated rings. The topological polar surface area (TPSA) is 43.4 Å². The summed E-state index contributed by atoms with van der Waals surface area (Å²) in [6, 6.07) is 12.4. The molecule has 5 heteroatoms. The Bertz CT molecular complexity index is 660. The summed E-state index contributed by atoms with van der Waals surface area (Å²) in [7, 11) is 0. The van der Waals surface area contributed by atoms with E-state index in [-0.39, 0.29) is 0 Å². The molecule has 0 atom stereocenters. The summed E-state index contributed by atoms with van der Waals surface area (Å²) in [6.07, 6.45) is 5.20. The van der Waals surface area contributed by atoms with E-state index in [1.165, 1.54) is 24.3 Å². The van der Waals surface area contributed by atoms with Crippen LogP contribution >= 0.6 is 11.8 Å². The zero-order valence-corrected chi connectivity index (χ0v) is 15.6. The zero-order chi connectivity index (χ0) is 17.3. The number of benzene rings is 1. The molecule has 1 aromatic heterocycles. The van der Waals surface area contributed by atoms with Crippen LogP contribution in [0.4, 0.5) is 0 Å². The minimum absolute atomic E-state index is 0.592. The van der Waals surface area contributed by atoms with Crippen molar-refractivity contribution in [2.24, 2.45) is 0 Å². The summed E-state index contributed by atoms with van der Waals surface area (Å²) in [5.41, 5.74) is 1.08. The van der Waals surface area contributed by atoms with Crippen molar-refractivity contribution < 1.29 is 9.47 Å². The fourth-order valence-corrected chi connectivity index (χ4v) is 3.88. The molecule has 134 valence electrons. The van der Waals surface area contributed by atoms with Gasteiger partial charge in [-0.15, -0.1) is 0 Å². The van der Waals surface area contributed by atoms with Gasteiger partial charge in [-0.25, -0.2) is 4.98 Å². The van der Waals surface area contributed by atoms with E-state index in [0.29, 0.717) is 24.3 Å². The van der Waals surface area contributed by atoms with E-state index in [0.717, 1.165) is 24.3 Å². The first-order chi connectivity index (χ1) is 12.4. The number of nitrogens with one attached hydrogen (secondary N) is 1. The van der Waals surface area contributed by atoms with E-state index in [2.05, 4.69) is 23.3 Å². The maximum absolute atomic E-state index is 6.10. The van der Waals surface area contributed by atoms with Crippen molar-refractivity contribution in [1.29, 1.82) is 0 Å². The molecule has 3 rings (SSSR count). The largest absolute Gasteiger partial charge is 0.490 e. The first-order valence-corrected chi connectivity index (χ1v) is 10.2. The van der Waals surface area contributed by atoms with Crippen molar-refractivity contribution >= 4 is 11.8 Å². The Morgan fingerprint density at radius 2 is 1.92 bits per heavy atom. The maximum atomic E-state index is 6.10. The van der Waals surface area contributed by atoms with E-state index < -0.39 is 0 Å². The van der Waals surface area contributed by atoms with Crippen LogP contribution < -0.4 is 14.8 Å². The van der Waals surface area contributed by atoms with E-state index in [1.54, 1.807) is 6.20 Å². The molecule has 4 nitrogen and oxygen atoms in total. The van der Waals surface area contributed by atoms with E-state index in [4.69, 9.17) is 9.47 Å². The average molecular weight is 359 g/mol. The van der Waals surface area contributed by atoms with E-state index >= 15 is 0 Å². The third-order valence-electron chi connectivity index (χ3n) is 4.17. The summed E-state index contributed by atoms with van der Waals surface area (Å²) in [4.78, 5) is 4.44. The SMILES string of the molecule is CCCOc1ccccc1Oc1ncccc1CNC1CCSCC1. The lowest BCUT2D eigenvalue weighted by molar-refractivity contribution is 0.300. The minimum Gasteiger partial charge on any atom is -0.490 e. The number of para-hydroxylation sites is 2. The number of hydrogen-bond donors (Lipinski definition) is 1. The number of pyridine rings is 1. The number of thioether (sulfide) groups is 1. The lowest BCUT2D eigenvalue weighted by Crippen LogP contribution is -2.32. The molecule has 0 unspecified atom stereocenters. The number of aromatic nitrogens is 1. The molecule has 1 aliphatic heterocycles. The van der Waals surface area contributed by atoms with Crippen molar-refractivity contribution in [1.82, 2.24) is 10.3 Å². The van der Waals surface area contributed by atoms with Crippen LogP contribution in [-0.2, 0) is 6.54 Å². The van der Waals surface area contributed by atoms with Crippen LogP contribution in [-0.4, -0.2) is 29.1 Å². The Hall–Kier alpha value is -1.72. The summed E-state index contributed by atoms with van der Waals surface area (Å²) in [6.45, 7) is 3.54. The van der Waals surface area contributed by atoms with Crippen LogP contribution in [0.2, 0.25) is 0 Å². The van der Waals surface area contributed by atoms with Crippen LogP contribution in [0.1, 0.15) is 31.7 Å². The summed E-state index contributed by atoms with van der Waals surface area (Å²) in [5, 5.41) is 3.65. The zero-order valence-electron chi connectivity index (χ0n) is 14.7. The highest BCUT2D eigenvalue weighted by Crippen LogP contribution is 2.32. The lowest BCUT2D eigenvalue weighted by atomic mass is 10.1. The molecule has 2 aromatic rings. The van der Waals surface area contributed by atoms with E-state index in [9.17, 15) is 0 Å². The van der Waals surface area contributed by atoms with Crippen molar-refractivity contribution in [2.75, 3.05) is 18.1 Å². The van der Waals surface area contributed by atoms with Gasteiger partial charge in [-0.1, -0.05) is 25.1 Å². The molecule has 2 heterocycles. The maximum Gasteiger partial charge on any atom is 0.223 e. The highest BCUT2D eigenvalue weighted by atomic mass is 32.2. The quantitative estimate of drug-likeness (QED) is 0.744. The predicted molar refractivity (Wildman–Crippen MR) is 104 cm³/mol. The van der Waals surface area contributed by atoms with Crippen LogP contribution in [0.5, 0.6) is 17.4 Å². The molecule has 0 radical (unpaired) electrons. The van der Waals surface area contributed by atoms with Crippen LogP contribution in [0.15, 0.2) is 42.6 Å². The van der Waals surface area contributed by atoms with Gasteiger partial charge in [-0.2, -0.15) is 11.8 Å². The van der Waals surface area contributed by atoms with Gasteiger partial charge in [0.1, 0.15) is 0 Å². The molecule has 1 aromatic carbocycles. The molecule has 0 aliphatic carbocycles. The van der Waals surface area contributed by atoms with E-state index in [1.807, 2.05) is 42.1 Å². The molecule has 0 bridgehead atoms. The molecule has 1 N–H and O–H groups in total. The Balaban J connectivity index is 1.68. The fourth-order valence-electron chi connectivity index (χ4n) is 2.78. The molecule has 25 heavy (non-hydrogen) atoms. The Morgan fingerprint density at radius 3 is 2.72 bits per heavy atom. The van der Waals surface area contributed by atoms with Gasteiger partial charge in [0.15, 0.2) is 11.5 Å². The second-order valence-corrected chi connectivity index (χ2v) is 7.36. The number of rotatable bonds is 8. The van der Waals surface area contributed by atoms with Gasteiger partial charge in [0.2, 0.25) is 5.88 Å². The summed E-state index contributed by atoms with van der Waals surface area (Å²) < 4.78 is 11.9. The van der Waals surface area contributed by atoms with Crippen LogP contribution in [0.3, 0.4) is 0 Å². The highest BCUT2D eigenvalue weighted by molar-refractivity contribution is 7.99. The first-order valence-electron chi connectivity index (χ1n) is 9.01. The average Bonchev–Trinajstić information content (AvgIpc) is 2.67. The normalized spacial score (nSPS) is 15.1. The highest BCUT2D eigenvalue weighted by Gasteiger charge is 2.15. The molecule has 1 aliphatic rings. The van der Waals surface area contributed by atoms with Crippen molar-refractivity contribution in [2.45, 2.75) is 38.8 Å². The smallest absolute Gasteiger partial charge is 0.223 e. The number of hydrogen-bond acceptors (Lipinski definition) is 5. The summed E-state index contributed by atoms with van der Waals surface area (Å²) in [5.74, 6) is 4.61. The standard InChI is InChI=1S/C20H26N2O2S/c1-2-12-23-18-7-3-4-8-19(18)24-20-16(6-5-11-21-20)15-22-17-9-13-25-14-10-17/h3-8,11,17,22H,2,9-10,12-15H2,1H3. The van der Waals surface area contributed by atoms with Gasteiger partial charge in [0.05, 0.1) is 6.61 Å². The Kier molecular flexibility index (Phi) is 7.00. The second kappa shape index (κ2) is 9.68. The third kappa shape index (κ3) is 5.38. The lowest BCUT2D eigenvalue weighted by Gasteiger charge is -2.23. The summed E-state index contributed by atoms with van der Waals surface area (Å²) >= 11 is 2.04. The third-order valence-corrected chi connectivity index (χ3v) is 5.22.